The highest BCUT2D eigenvalue weighted by Gasteiger charge is 2.13. The maximum Gasteiger partial charge on any atom is 0.255 e. The van der Waals surface area contributed by atoms with Crippen molar-refractivity contribution in [3.05, 3.63) is 90.1 Å². The number of rotatable bonds is 3. The summed E-state index contributed by atoms with van der Waals surface area (Å²) in [7, 11) is 0. The second-order valence-electron chi connectivity index (χ2n) is 8.14. The number of H-pyrrole nitrogens is 1. The molecule has 28 heavy (non-hydrogen) atoms. The predicted molar refractivity (Wildman–Crippen MR) is 117 cm³/mol. The summed E-state index contributed by atoms with van der Waals surface area (Å²) < 4.78 is 0. The van der Waals surface area contributed by atoms with Crippen molar-refractivity contribution in [2.75, 3.05) is 5.32 Å². The third-order valence-corrected chi connectivity index (χ3v) is 5.04. The number of aromatic nitrogens is 1. The molecule has 4 rings (SSSR count). The molecule has 1 aromatic heterocycles. The highest BCUT2D eigenvalue weighted by atomic mass is 16.1. The van der Waals surface area contributed by atoms with Crippen LogP contribution in [0.25, 0.3) is 22.0 Å². The lowest BCUT2D eigenvalue weighted by Gasteiger charge is -2.19. The lowest BCUT2D eigenvalue weighted by molar-refractivity contribution is 0.102. The molecule has 3 heteroatoms. The molecule has 3 aromatic carbocycles. The quantitative estimate of drug-likeness (QED) is 0.433. The van der Waals surface area contributed by atoms with Crippen molar-refractivity contribution in [3.8, 4) is 11.1 Å². The van der Waals surface area contributed by atoms with Gasteiger partial charge >= 0.3 is 0 Å². The number of nitrogens with one attached hydrogen (secondary N) is 2. The SMILES string of the molecule is CC(C)(C)c1ccc(NC(=O)c2ccc(-c3ccc4[nH]ccc4c3)cc2)cc1. The van der Waals surface area contributed by atoms with Crippen molar-refractivity contribution in [2.45, 2.75) is 26.2 Å². The normalized spacial score (nSPS) is 11.5. The highest BCUT2D eigenvalue weighted by molar-refractivity contribution is 6.04. The molecule has 1 heterocycles. The highest BCUT2D eigenvalue weighted by Crippen LogP contribution is 2.25. The Morgan fingerprint density at radius 2 is 1.50 bits per heavy atom. The minimum absolute atomic E-state index is 0.0990. The summed E-state index contributed by atoms with van der Waals surface area (Å²) in [4.78, 5) is 15.8. The Morgan fingerprint density at radius 3 is 2.18 bits per heavy atom. The van der Waals surface area contributed by atoms with Crippen LogP contribution >= 0.6 is 0 Å². The van der Waals surface area contributed by atoms with E-state index in [0.717, 1.165) is 22.3 Å². The molecular weight excluding hydrogens is 344 g/mol. The number of benzene rings is 3. The van der Waals surface area contributed by atoms with Crippen molar-refractivity contribution in [1.82, 2.24) is 4.98 Å². The van der Waals surface area contributed by atoms with Gasteiger partial charge in [-0.1, -0.05) is 51.1 Å². The van der Waals surface area contributed by atoms with Gasteiger partial charge in [0.1, 0.15) is 0 Å². The van der Waals surface area contributed by atoms with Gasteiger partial charge in [0.2, 0.25) is 0 Å². The van der Waals surface area contributed by atoms with E-state index >= 15 is 0 Å². The van der Waals surface area contributed by atoms with E-state index in [4.69, 9.17) is 0 Å². The average molecular weight is 368 g/mol. The first-order valence-corrected chi connectivity index (χ1v) is 9.50. The van der Waals surface area contributed by atoms with E-state index in [-0.39, 0.29) is 11.3 Å². The second-order valence-corrected chi connectivity index (χ2v) is 8.14. The first-order chi connectivity index (χ1) is 13.4. The molecule has 0 spiro atoms. The van der Waals surface area contributed by atoms with Gasteiger partial charge in [-0.2, -0.15) is 0 Å². The van der Waals surface area contributed by atoms with Gasteiger partial charge in [0, 0.05) is 23.0 Å². The van der Waals surface area contributed by atoms with Crippen LogP contribution in [-0.4, -0.2) is 10.9 Å². The Morgan fingerprint density at radius 1 is 0.821 bits per heavy atom. The Kier molecular flexibility index (Phi) is 4.52. The van der Waals surface area contributed by atoms with E-state index in [9.17, 15) is 4.79 Å². The molecule has 140 valence electrons. The van der Waals surface area contributed by atoms with Crippen LogP contribution in [0.15, 0.2) is 79.0 Å². The summed E-state index contributed by atoms with van der Waals surface area (Å²) in [5, 5.41) is 4.15. The lowest BCUT2D eigenvalue weighted by Crippen LogP contribution is -2.13. The van der Waals surface area contributed by atoms with Gasteiger partial charge in [-0.3, -0.25) is 4.79 Å². The Bertz CT molecular complexity index is 1110. The molecule has 0 fully saturated rings. The molecule has 2 N–H and O–H groups in total. The van der Waals surface area contributed by atoms with Gasteiger partial charge in [0.15, 0.2) is 0 Å². The van der Waals surface area contributed by atoms with Gasteiger partial charge in [-0.05, 0) is 70.0 Å². The van der Waals surface area contributed by atoms with Crippen LogP contribution in [0.2, 0.25) is 0 Å². The summed E-state index contributed by atoms with van der Waals surface area (Å²) >= 11 is 0. The van der Waals surface area contributed by atoms with Gasteiger partial charge in [0.05, 0.1) is 0 Å². The molecule has 0 aliphatic heterocycles. The lowest BCUT2D eigenvalue weighted by atomic mass is 9.87. The molecule has 0 atom stereocenters. The summed E-state index contributed by atoms with van der Waals surface area (Å²) in [5.41, 5.74) is 6.14. The monoisotopic (exact) mass is 368 g/mol. The topological polar surface area (TPSA) is 44.9 Å². The fourth-order valence-corrected chi connectivity index (χ4v) is 3.30. The van der Waals surface area contributed by atoms with Gasteiger partial charge in [-0.15, -0.1) is 0 Å². The molecule has 0 saturated carbocycles. The van der Waals surface area contributed by atoms with Gasteiger partial charge in [0.25, 0.3) is 5.91 Å². The standard InChI is InChI=1S/C25H24N2O/c1-25(2,3)21-9-11-22(12-10-21)27-24(28)18-6-4-17(5-7-18)19-8-13-23-20(16-19)14-15-26-23/h4-16,26H,1-3H3,(H,27,28). The summed E-state index contributed by atoms with van der Waals surface area (Å²) in [6.07, 6.45) is 1.94. The van der Waals surface area contributed by atoms with Crippen LogP contribution in [0, 0.1) is 0 Å². The summed E-state index contributed by atoms with van der Waals surface area (Å²) in [6, 6.07) is 24.1. The van der Waals surface area contributed by atoms with Crippen LogP contribution in [-0.2, 0) is 5.41 Å². The Labute approximate surface area is 165 Å². The first-order valence-electron chi connectivity index (χ1n) is 9.50. The van der Waals surface area contributed by atoms with E-state index < -0.39 is 0 Å². The predicted octanol–water partition coefficient (Wildman–Crippen LogP) is 6.38. The maximum absolute atomic E-state index is 12.6. The van der Waals surface area contributed by atoms with Gasteiger partial charge in [-0.25, -0.2) is 0 Å². The van der Waals surface area contributed by atoms with Crippen LogP contribution in [0.4, 0.5) is 5.69 Å². The minimum Gasteiger partial charge on any atom is -0.361 e. The Hall–Kier alpha value is -3.33. The largest absolute Gasteiger partial charge is 0.361 e. The van der Waals surface area contributed by atoms with E-state index in [1.807, 2.05) is 42.6 Å². The van der Waals surface area contributed by atoms with Crippen LogP contribution in [0.5, 0.6) is 0 Å². The van der Waals surface area contributed by atoms with Gasteiger partial charge < -0.3 is 10.3 Å². The molecule has 0 bridgehead atoms. The van der Waals surface area contributed by atoms with Crippen molar-refractivity contribution < 1.29 is 4.79 Å². The van der Waals surface area contributed by atoms with E-state index in [1.54, 1.807) is 0 Å². The zero-order valence-corrected chi connectivity index (χ0v) is 16.4. The zero-order chi connectivity index (χ0) is 19.7. The number of anilines is 1. The number of aromatic amines is 1. The number of hydrogen-bond acceptors (Lipinski definition) is 1. The van der Waals surface area contributed by atoms with Crippen molar-refractivity contribution in [2.24, 2.45) is 0 Å². The molecule has 4 aromatic rings. The fourth-order valence-electron chi connectivity index (χ4n) is 3.30. The van der Waals surface area contributed by atoms with Crippen LogP contribution in [0.3, 0.4) is 0 Å². The minimum atomic E-state index is -0.101. The summed E-state index contributed by atoms with van der Waals surface area (Å²) in [5.74, 6) is -0.101. The third-order valence-electron chi connectivity index (χ3n) is 5.04. The third kappa shape index (κ3) is 3.70. The van der Waals surface area contributed by atoms with Crippen molar-refractivity contribution in [1.29, 1.82) is 0 Å². The van der Waals surface area contributed by atoms with Crippen LogP contribution in [0.1, 0.15) is 36.7 Å². The van der Waals surface area contributed by atoms with E-state index in [1.165, 1.54) is 10.9 Å². The number of hydrogen-bond donors (Lipinski definition) is 2. The number of carbonyl (C=O) groups excluding carboxylic acids is 1. The Balaban J connectivity index is 1.49. The van der Waals surface area contributed by atoms with Crippen molar-refractivity contribution >= 4 is 22.5 Å². The maximum atomic E-state index is 12.6. The zero-order valence-electron chi connectivity index (χ0n) is 16.4. The fraction of sp³-hybridized carbons (Fsp3) is 0.160. The molecule has 0 aliphatic rings. The second kappa shape index (κ2) is 7.01. The van der Waals surface area contributed by atoms with Crippen LogP contribution < -0.4 is 5.32 Å². The molecular formula is C25H24N2O. The first kappa shape index (κ1) is 18.1. The average Bonchev–Trinajstić information content (AvgIpc) is 3.15. The molecule has 1 amide bonds. The number of fused-ring (bicyclic) bond motifs is 1. The molecule has 0 aliphatic carbocycles. The molecule has 3 nitrogen and oxygen atoms in total. The molecule has 0 saturated heterocycles. The van der Waals surface area contributed by atoms with Crippen molar-refractivity contribution in [3.63, 3.8) is 0 Å². The van der Waals surface area contributed by atoms with E-state index in [0.29, 0.717) is 5.56 Å². The molecule has 0 radical (unpaired) electrons. The number of amides is 1. The number of carbonyl (C=O) groups is 1. The van der Waals surface area contributed by atoms with E-state index in [2.05, 4.69) is 67.5 Å². The summed E-state index contributed by atoms with van der Waals surface area (Å²) in [6.45, 7) is 6.53. The smallest absolute Gasteiger partial charge is 0.255 e. The molecule has 0 unspecified atom stereocenters.